The lowest BCUT2D eigenvalue weighted by molar-refractivity contribution is -0.385. The highest BCUT2D eigenvalue weighted by molar-refractivity contribution is 7.85. The topological polar surface area (TPSA) is 102 Å². The van der Waals surface area contributed by atoms with Crippen LogP contribution in [0, 0.1) is 10.1 Å². The van der Waals surface area contributed by atoms with Gasteiger partial charge in [0, 0.05) is 35.8 Å². The van der Waals surface area contributed by atoms with E-state index in [9.17, 15) is 18.5 Å². The Morgan fingerprint density at radius 3 is 2.62 bits per heavy atom. The van der Waals surface area contributed by atoms with Gasteiger partial charge in [-0.2, -0.15) is 8.42 Å². The molecule has 0 unspecified atom stereocenters. The summed E-state index contributed by atoms with van der Waals surface area (Å²) in [7, 11) is -2.12. The summed E-state index contributed by atoms with van der Waals surface area (Å²) in [6, 6.07) is 5.00. The summed E-state index contributed by atoms with van der Waals surface area (Å²) >= 11 is 0. The van der Waals surface area contributed by atoms with E-state index >= 15 is 0 Å². The second-order valence-electron chi connectivity index (χ2n) is 4.92. The Morgan fingerprint density at radius 1 is 1.29 bits per heavy atom. The molecule has 0 saturated carbocycles. The lowest BCUT2D eigenvalue weighted by atomic mass is 10.0. The Morgan fingerprint density at radius 2 is 2.00 bits per heavy atom. The monoisotopic (exact) mass is 312 g/mol. The number of hydrogen-bond acceptors (Lipinski definition) is 4. The zero-order valence-corrected chi connectivity index (χ0v) is 12.3. The Bertz CT molecular complexity index is 779. The van der Waals surface area contributed by atoms with Crippen molar-refractivity contribution < 1.29 is 17.9 Å². The number of unbranched alkanes of at least 4 members (excludes halogenated alkanes) is 1. The second-order valence-corrected chi connectivity index (χ2v) is 6.50. The van der Waals surface area contributed by atoms with Crippen molar-refractivity contribution >= 4 is 26.7 Å². The van der Waals surface area contributed by atoms with E-state index in [0.717, 1.165) is 10.9 Å². The Labute approximate surface area is 122 Å². The van der Waals surface area contributed by atoms with E-state index < -0.39 is 15.0 Å². The maximum Gasteiger partial charge on any atom is 0.273 e. The van der Waals surface area contributed by atoms with Crippen LogP contribution in [-0.4, -0.2) is 28.2 Å². The van der Waals surface area contributed by atoms with Crippen molar-refractivity contribution in [2.24, 2.45) is 7.05 Å². The molecule has 7 nitrogen and oxygen atoms in total. The molecule has 2 rings (SSSR count). The fourth-order valence-electron chi connectivity index (χ4n) is 2.42. The molecule has 0 aliphatic carbocycles. The van der Waals surface area contributed by atoms with Crippen molar-refractivity contribution in [3.8, 4) is 0 Å². The number of hydrogen-bond donors (Lipinski definition) is 1. The highest BCUT2D eigenvalue weighted by Crippen LogP contribution is 2.29. The molecule has 0 saturated heterocycles. The zero-order valence-electron chi connectivity index (χ0n) is 11.5. The summed E-state index contributed by atoms with van der Waals surface area (Å²) in [5, 5.41) is 11.9. The molecule has 0 spiro atoms. The van der Waals surface area contributed by atoms with E-state index in [1.807, 2.05) is 23.9 Å². The van der Waals surface area contributed by atoms with Crippen LogP contribution >= 0.6 is 0 Å². The van der Waals surface area contributed by atoms with E-state index in [-0.39, 0.29) is 17.9 Å². The van der Waals surface area contributed by atoms with Crippen molar-refractivity contribution in [1.82, 2.24) is 4.57 Å². The van der Waals surface area contributed by atoms with Gasteiger partial charge in [0.2, 0.25) is 0 Å². The first-order valence-corrected chi connectivity index (χ1v) is 8.07. The molecule has 0 fully saturated rings. The minimum absolute atomic E-state index is 0.0422. The first-order valence-electron chi connectivity index (χ1n) is 6.46. The molecule has 0 aliphatic heterocycles. The smallest absolute Gasteiger partial charge is 0.273 e. The molecule has 1 N–H and O–H groups in total. The van der Waals surface area contributed by atoms with Gasteiger partial charge in [-0.3, -0.25) is 14.7 Å². The van der Waals surface area contributed by atoms with Crippen LogP contribution in [0.25, 0.3) is 10.9 Å². The van der Waals surface area contributed by atoms with Gasteiger partial charge < -0.3 is 4.57 Å². The SMILES string of the molecule is Cn1ccc2c(CCCCS(=O)(=O)O)c([N+](=O)[O-])ccc21. The molecular weight excluding hydrogens is 296 g/mol. The predicted molar refractivity (Wildman–Crippen MR) is 78.9 cm³/mol. The molecule has 0 amide bonds. The lowest BCUT2D eigenvalue weighted by Gasteiger charge is -2.06. The fraction of sp³-hybridized carbons (Fsp3) is 0.385. The molecule has 0 atom stereocenters. The summed E-state index contributed by atoms with van der Waals surface area (Å²) in [4.78, 5) is 10.7. The second kappa shape index (κ2) is 5.82. The van der Waals surface area contributed by atoms with Crippen LogP contribution in [0.5, 0.6) is 0 Å². The highest BCUT2D eigenvalue weighted by Gasteiger charge is 2.18. The number of nitrogens with zero attached hydrogens (tertiary/aromatic N) is 2. The molecule has 1 aromatic carbocycles. The predicted octanol–water partition coefficient (Wildman–Crippen LogP) is 2.30. The number of rotatable bonds is 6. The van der Waals surface area contributed by atoms with Crippen LogP contribution in [-0.2, 0) is 23.6 Å². The van der Waals surface area contributed by atoms with Crippen LogP contribution in [0.15, 0.2) is 24.4 Å². The maximum absolute atomic E-state index is 11.1. The van der Waals surface area contributed by atoms with Crippen molar-refractivity contribution in [3.63, 3.8) is 0 Å². The molecular formula is C13H16N2O5S. The third-order valence-corrected chi connectivity index (χ3v) is 4.23. The van der Waals surface area contributed by atoms with Crippen LogP contribution < -0.4 is 0 Å². The zero-order chi connectivity index (χ0) is 15.6. The largest absolute Gasteiger partial charge is 0.351 e. The molecule has 114 valence electrons. The van der Waals surface area contributed by atoms with E-state index in [2.05, 4.69) is 0 Å². The van der Waals surface area contributed by atoms with Crippen LogP contribution in [0.1, 0.15) is 18.4 Å². The minimum atomic E-state index is -3.98. The van der Waals surface area contributed by atoms with Gasteiger partial charge in [0.25, 0.3) is 15.8 Å². The minimum Gasteiger partial charge on any atom is -0.351 e. The van der Waals surface area contributed by atoms with Crippen molar-refractivity contribution in [2.75, 3.05) is 5.75 Å². The van der Waals surface area contributed by atoms with E-state index in [1.165, 1.54) is 6.07 Å². The number of nitro groups is 1. The fourth-order valence-corrected chi connectivity index (χ4v) is 2.99. The van der Waals surface area contributed by atoms with Gasteiger partial charge in [-0.1, -0.05) is 0 Å². The third-order valence-electron chi connectivity index (χ3n) is 3.43. The average molecular weight is 312 g/mol. The molecule has 21 heavy (non-hydrogen) atoms. The Hall–Kier alpha value is -1.93. The van der Waals surface area contributed by atoms with E-state index in [1.54, 1.807) is 6.07 Å². The lowest BCUT2D eigenvalue weighted by Crippen LogP contribution is -2.04. The average Bonchev–Trinajstić information content (AvgIpc) is 2.75. The van der Waals surface area contributed by atoms with Crippen molar-refractivity contribution in [2.45, 2.75) is 19.3 Å². The van der Waals surface area contributed by atoms with Crippen LogP contribution in [0.4, 0.5) is 5.69 Å². The molecule has 0 aliphatic rings. The summed E-state index contributed by atoms with van der Waals surface area (Å²) in [5.41, 5.74) is 1.54. The van der Waals surface area contributed by atoms with Gasteiger partial charge in [0.1, 0.15) is 0 Å². The third kappa shape index (κ3) is 3.59. The van der Waals surface area contributed by atoms with Gasteiger partial charge in [-0.25, -0.2) is 0 Å². The summed E-state index contributed by atoms with van der Waals surface area (Å²) in [6.07, 6.45) is 2.94. The van der Waals surface area contributed by atoms with Crippen molar-refractivity contribution in [3.05, 3.63) is 40.1 Å². The van der Waals surface area contributed by atoms with E-state index in [0.29, 0.717) is 18.4 Å². The van der Waals surface area contributed by atoms with Crippen molar-refractivity contribution in [1.29, 1.82) is 0 Å². The van der Waals surface area contributed by atoms with Gasteiger partial charge >= 0.3 is 0 Å². The quantitative estimate of drug-likeness (QED) is 0.381. The molecule has 2 aromatic rings. The first kappa shape index (κ1) is 15.5. The molecule has 1 aromatic heterocycles. The number of aromatic nitrogens is 1. The first-order chi connectivity index (χ1) is 9.79. The van der Waals surface area contributed by atoms with Gasteiger partial charge in [0.05, 0.1) is 10.7 Å². The number of benzene rings is 1. The normalized spacial score (nSPS) is 11.9. The standard InChI is InChI=1S/C13H16N2O5S/c1-14-8-7-11-10(4-2-3-9-21(18,19)20)13(15(16)17)6-5-12(11)14/h5-8H,2-4,9H2,1H3,(H,18,19,20). The number of aryl methyl sites for hydroxylation is 2. The van der Waals surface area contributed by atoms with Crippen LogP contribution in [0.2, 0.25) is 0 Å². The van der Waals surface area contributed by atoms with E-state index in [4.69, 9.17) is 4.55 Å². The molecule has 0 radical (unpaired) electrons. The maximum atomic E-state index is 11.1. The Kier molecular flexibility index (Phi) is 4.29. The van der Waals surface area contributed by atoms with Gasteiger partial charge in [-0.15, -0.1) is 0 Å². The number of fused-ring (bicyclic) bond motifs is 1. The molecule has 1 heterocycles. The van der Waals surface area contributed by atoms with Gasteiger partial charge in [-0.05, 0) is 31.4 Å². The highest BCUT2D eigenvalue weighted by atomic mass is 32.2. The summed E-state index contributed by atoms with van der Waals surface area (Å²) in [6.45, 7) is 0. The van der Waals surface area contributed by atoms with Gasteiger partial charge in [0.15, 0.2) is 0 Å². The number of nitro benzene ring substituents is 1. The summed E-state index contributed by atoms with van der Waals surface area (Å²) < 4.78 is 31.9. The molecule has 0 bridgehead atoms. The molecule has 8 heteroatoms. The van der Waals surface area contributed by atoms with Crippen LogP contribution in [0.3, 0.4) is 0 Å². The summed E-state index contributed by atoms with van der Waals surface area (Å²) in [5.74, 6) is -0.328. The Balaban J connectivity index is 2.27.